The Labute approximate surface area is 212 Å². The van der Waals surface area contributed by atoms with Crippen molar-refractivity contribution in [1.82, 2.24) is 4.98 Å². The standard InChI is InChI=1S/C25H17BrN2O6S/c1-13(29)33-23-21(31-2)7-14(8-22(23)32-3)6-16(11-27)24-28-19(12-35-24)18-10-15-9-17(26)4-5-20(15)34-25(18)30/h4-10,12H,1-3H3/b16-6-. The number of ether oxygens (including phenoxy) is 3. The largest absolute Gasteiger partial charge is 0.493 e. The zero-order valence-corrected chi connectivity index (χ0v) is 21.2. The minimum absolute atomic E-state index is 0.143. The van der Waals surface area contributed by atoms with Gasteiger partial charge >= 0.3 is 11.6 Å². The summed E-state index contributed by atoms with van der Waals surface area (Å²) < 4.78 is 22.2. The smallest absolute Gasteiger partial charge is 0.345 e. The summed E-state index contributed by atoms with van der Waals surface area (Å²) in [5.74, 6) is 0.151. The van der Waals surface area contributed by atoms with Crippen LogP contribution in [0.25, 0.3) is 33.9 Å². The molecule has 4 rings (SSSR count). The number of allylic oxidation sites excluding steroid dienone is 1. The zero-order chi connectivity index (χ0) is 25.1. The third kappa shape index (κ3) is 5.11. The van der Waals surface area contributed by atoms with E-state index in [4.69, 9.17) is 18.6 Å². The Morgan fingerprint density at radius 3 is 2.51 bits per heavy atom. The number of thiazole rings is 1. The van der Waals surface area contributed by atoms with Crippen LogP contribution < -0.4 is 19.8 Å². The quantitative estimate of drug-likeness (QED) is 0.130. The van der Waals surface area contributed by atoms with Gasteiger partial charge in [-0.2, -0.15) is 5.26 Å². The van der Waals surface area contributed by atoms with E-state index in [0.717, 1.165) is 9.86 Å². The van der Waals surface area contributed by atoms with Crippen molar-refractivity contribution in [2.45, 2.75) is 6.92 Å². The van der Waals surface area contributed by atoms with Crippen molar-refractivity contribution >= 4 is 55.9 Å². The van der Waals surface area contributed by atoms with Gasteiger partial charge in [-0.15, -0.1) is 11.3 Å². The summed E-state index contributed by atoms with van der Waals surface area (Å²) in [4.78, 5) is 28.5. The molecule has 0 unspecified atom stereocenters. The molecule has 176 valence electrons. The number of benzene rings is 2. The highest BCUT2D eigenvalue weighted by Crippen LogP contribution is 2.40. The van der Waals surface area contributed by atoms with Crippen LogP contribution in [-0.4, -0.2) is 25.2 Å². The maximum atomic E-state index is 12.6. The predicted octanol–water partition coefficient (Wildman–Crippen LogP) is 5.69. The summed E-state index contributed by atoms with van der Waals surface area (Å²) in [5, 5.41) is 12.7. The van der Waals surface area contributed by atoms with Crippen molar-refractivity contribution in [3.63, 3.8) is 0 Å². The molecular formula is C25H17BrN2O6S. The fourth-order valence-electron chi connectivity index (χ4n) is 3.33. The Kier molecular flexibility index (Phi) is 7.00. The Hall–Kier alpha value is -3.94. The van der Waals surface area contributed by atoms with Gasteiger partial charge < -0.3 is 18.6 Å². The van der Waals surface area contributed by atoms with Crippen LogP contribution in [0.3, 0.4) is 0 Å². The van der Waals surface area contributed by atoms with E-state index in [1.165, 1.54) is 32.5 Å². The molecule has 2 aromatic carbocycles. The molecule has 0 saturated carbocycles. The number of carbonyl (C=O) groups is 1. The number of methoxy groups -OCH3 is 2. The first-order valence-corrected chi connectivity index (χ1v) is 11.8. The van der Waals surface area contributed by atoms with Gasteiger partial charge in [0.05, 0.1) is 31.1 Å². The minimum Gasteiger partial charge on any atom is -0.493 e. The van der Waals surface area contributed by atoms with Gasteiger partial charge in [-0.25, -0.2) is 9.78 Å². The summed E-state index contributed by atoms with van der Waals surface area (Å²) in [7, 11) is 2.86. The Morgan fingerprint density at radius 2 is 1.89 bits per heavy atom. The topological polar surface area (TPSA) is 112 Å². The first-order valence-electron chi connectivity index (χ1n) is 10.1. The molecule has 0 fully saturated rings. The molecule has 4 aromatic rings. The Morgan fingerprint density at radius 1 is 1.17 bits per heavy atom. The number of esters is 1. The van der Waals surface area contributed by atoms with E-state index >= 15 is 0 Å². The second-order valence-corrected chi connectivity index (χ2v) is 8.96. The molecular weight excluding hydrogens is 536 g/mol. The molecule has 8 nitrogen and oxygen atoms in total. The molecule has 0 atom stereocenters. The lowest BCUT2D eigenvalue weighted by molar-refractivity contribution is -0.132. The normalized spacial score (nSPS) is 11.2. The van der Waals surface area contributed by atoms with Crippen molar-refractivity contribution in [2.24, 2.45) is 0 Å². The minimum atomic E-state index is -0.525. The highest BCUT2D eigenvalue weighted by Gasteiger charge is 2.18. The van der Waals surface area contributed by atoms with E-state index in [0.29, 0.717) is 27.4 Å². The van der Waals surface area contributed by atoms with Gasteiger partial charge in [0.15, 0.2) is 11.5 Å². The van der Waals surface area contributed by atoms with Crippen LogP contribution in [0.15, 0.2) is 55.5 Å². The van der Waals surface area contributed by atoms with Crippen molar-refractivity contribution < 1.29 is 23.4 Å². The lowest BCUT2D eigenvalue weighted by atomic mass is 10.1. The number of fused-ring (bicyclic) bond motifs is 1. The summed E-state index contributed by atoms with van der Waals surface area (Å²) >= 11 is 4.63. The highest BCUT2D eigenvalue weighted by molar-refractivity contribution is 9.10. The summed E-state index contributed by atoms with van der Waals surface area (Å²) in [6, 6.07) is 12.4. The van der Waals surface area contributed by atoms with E-state index in [1.54, 1.807) is 41.8 Å². The number of nitriles is 1. The van der Waals surface area contributed by atoms with Crippen LogP contribution in [0.1, 0.15) is 17.5 Å². The number of aromatic nitrogens is 1. The predicted molar refractivity (Wildman–Crippen MR) is 136 cm³/mol. The summed E-state index contributed by atoms with van der Waals surface area (Å²) in [5.41, 5.74) is 1.48. The molecule has 0 amide bonds. The lowest BCUT2D eigenvalue weighted by Gasteiger charge is -2.13. The van der Waals surface area contributed by atoms with Crippen LogP contribution >= 0.6 is 27.3 Å². The van der Waals surface area contributed by atoms with Gasteiger partial charge in [0.1, 0.15) is 16.7 Å². The number of halogens is 1. The number of hydrogen-bond acceptors (Lipinski definition) is 9. The van der Waals surface area contributed by atoms with Crippen molar-refractivity contribution in [1.29, 1.82) is 5.26 Å². The molecule has 0 spiro atoms. The summed E-state index contributed by atoms with van der Waals surface area (Å²) in [6.07, 6.45) is 1.60. The lowest BCUT2D eigenvalue weighted by Crippen LogP contribution is -2.05. The van der Waals surface area contributed by atoms with Gasteiger partial charge in [0.2, 0.25) is 5.75 Å². The van der Waals surface area contributed by atoms with E-state index < -0.39 is 11.6 Å². The third-order valence-electron chi connectivity index (χ3n) is 4.86. The Balaban J connectivity index is 1.75. The van der Waals surface area contributed by atoms with Gasteiger partial charge in [-0.1, -0.05) is 15.9 Å². The monoisotopic (exact) mass is 552 g/mol. The van der Waals surface area contributed by atoms with E-state index in [1.807, 2.05) is 6.07 Å². The third-order valence-corrected chi connectivity index (χ3v) is 6.23. The second-order valence-electron chi connectivity index (χ2n) is 7.19. The molecule has 35 heavy (non-hydrogen) atoms. The molecule has 0 radical (unpaired) electrons. The molecule has 0 aliphatic rings. The number of carbonyl (C=O) groups excluding carboxylic acids is 1. The number of nitrogens with zero attached hydrogens (tertiary/aromatic N) is 2. The fourth-order valence-corrected chi connectivity index (χ4v) is 4.49. The first-order chi connectivity index (χ1) is 16.8. The van der Waals surface area contributed by atoms with Crippen LogP contribution in [-0.2, 0) is 4.79 Å². The van der Waals surface area contributed by atoms with E-state index in [-0.39, 0.29) is 22.8 Å². The maximum absolute atomic E-state index is 12.6. The number of rotatable bonds is 6. The summed E-state index contributed by atoms with van der Waals surface area (Å²) in [6.45, 7) is 1.27. The van der Waals surface area contributed by atoms with Crippen molar-refractivity contribution in [3.05, 3.63) is 67.2 Å². The number of hydrogen-bond donors (Lipinski definition) is 0. The van der Waals surface area contributed by atoms with Crippen molar-refractivity contribution in [2.75, 3.05) is 14.2 Å². The van der Waals surface area contributed by atoms with Crippen LogP contribution in [0.4, 0.5) is 0 Å². The average molecular weight is 553 g/mol. The Bertz CT molecular complexity index is 1560. The molecule has 2 aromatic heterocycles. The second kappa shape index (κ2) is 10.1. The highest BCUT2D eigenvalue weighted by atomic mass is 79.9. The van der Waals surface area contributed by atoms with Crippen molar-refractivity contribution in [3.8, 4) is 34.6 Å². The zero-order valence-electron chi connectivity index (χ0n) is 18.7. The molecule has 0 aliphatic heterocycles. The molecule has 0 bridgehead atoms. The van der Waals surface area contributed by atoms with Crippen LogP contribution in [0.5, 0.6) is 17.2 Å². The maximum Gasteiger partial charge on any atom is 0.345 e. The average Bonchev–Trinajstić information content (AvgIpc) is 3.32. The molecule has 0 saturated heterocycles. The molecule has 2 heterocycles. The van der Waals surface area contributed by atoms with Gasteiger partial charge in [0, 0.05) is 22.2 Å². The van der Waals surface area contributed by atoms with E-state index in [2.05, 4.69) is 27.0 Å². The fraction of sp³-hybridized carbons (Fsp3) is 0.120. The van der Waals surface area contributed by atoms with Gasteiger partial charge in [-0.3, -0.25) is 4.79 Å². The molecule has 0 aliphatic carbocycles. The SMILES string of the molecule is COc1cc(/C=C(/C#N)c2nc(-c3cc4cc(Br)ccc4oc3=O)cs2)cc(OC)c1OC(C)=O. The molecule has 0 N–H and O–H groups in total. The van der Waals surface area contributed by atoms with Gasteiger partial charge in [-0.05, 0) is 48.0 Å². The van der Waals surface area contributed by atoms with Crippen LogP contribution in [0, 0.1) is 11.3 Å². The van der Waals surface area contributed by atoms with Gasteiger partial charge in [0.25, 0.3) is 0 Å². The first kappa shape index (κ1) is 24.2. The van der Waals surface area contributed by atoms with E-state index in [9.17, 15) is 14.9 Å². The van der Waals surface area contributed by atoms with Crippen LogP contribution in [0.2, 0.25) is 0 Å². The molecule has 10 heteroatoms.